The highest BCUT2D eigenvalue weighted by Gasteiger charge is 2.09. The highest BCUT2D eigenvalue weighted by molar-refractivity contribution is 5.75. The van der Waals surface area contributed by atoms with Crippen molar-refractivity contribution in [1.29, 1.82) is 0 Å². The van der Waals surface area contributed by atoms with Gasteiger partial charge in [0, 0.05) is 13.0 Å². The molecule has 0 heterocycles. The zero-order valence-electron chi connectivity index (χ0n) is 7.72. The third-order valence-electron chi connectivity index (χ3n) is 1.23. The van der Waals surface area contributed by atoms with Gasteiger partial charge in [0.15, 0.2) is 0 Å². The zero-order chi connectivity index (χ0) is 9.56. The van der Waals surface area contributed by atoms with Gasteiger partial charge in [0.25, 0.3) is 0 Å². The molecule has 0 aliphatic heterocycles. The summed E-state index contributed by atoms with van der Waals surface area (Å²) in [5, 5.41) is 2.59. The highest BCUT2D eigenvalue weighted by Crippen LogP contribution is 1.93. The molecule has 0 radical (unpaired) electrons. The molecule has 4 nitrogen and oxygen atoms in total. The standard InChI is InChI=1S/C8H15NO3/c1-4-12-8(11)5-6(2)9-7(3)10/h6H,4-5H2,1-3H3,(H,9,10)/t6-/m1/s1. The van der Waals surface area contributed by atoms with E-state index in [0.29, 0.717) is 6.61 Å². The lowest BCUT2D eigenvalue weighted by atomic mass is 10.2. The number of hydrogen-bond donors (Lipinski definition) is 1. The molecule has 1 atom stereocenters. The van der Waals surface area contributed by atoms with E-state index < -0.39 is 0 Å². The van der Waals surface area contributed by atoms with Crippen molar-refractivity contribution in [3.63, 3.8) is 0 Å². The van der Waals surface area contributed by atoms with Crippen LogP contribution in [0.4, 0.5) is 0 Å². The normalized spacial score (nSPS) is 11.9. The van der Waals surface area contributed by atoms with Gasteiger partial charge in [-0.3, -0.25) is 9.59 Å². The maximum absolute atomic E-state index is 10.9. The Morgan fingerprint density at radius 3 is 2.50 bits per heavy atom. The molecule has 1 amide bonds. The quantitative estimate of drug-likeness (QED) is 0.628. The van der Waals surface area contributed by atoms with E-state index in [1.807, 2.05) is 0 Å². The molecule has 0 saturated carbocycles. The molecular weight excluding hydrogens is 158 g/mol. The fourth-order valence-electron chi connectivity index (χ4n) is 0.868. The molecule has 0 fully saturated rings. The van der Waals surface area contributed by atoms with Gasteiger partial charge in [-0.2, -0.15) is 0 Å². The first-order chi connectivity index (χ1) is 5.56. The Labute approximate surface area is 72.3 Å². The smallest absolute Gasteiger partial charge is 0.307 e. The molecular formula is C8H15NO3. The lowest BCUT2D eigenvalue weighted by Gasteiger charge is -2.10. The van der Waals surface area contributed by atoms with E-state index in [2.05, 4.69) is 5.32 Å². The summed E-state index contributed by atoms with van der Waals surface area (Å²) in [6.07, 6.45) is 0.230. The molecule has 0 spiro atoms. The van der Waals surface area contributed by atoms with E-state index >= 15 is 0 Å². The van der Waals surface area contributed by atoms with Crippen molar-refractivity contribution in [3.05, 3.63) is 0 Å². The van der Waals surface area contributed by atoms with Crippen molar-refractivity contribution >= 4 is 11.9 Å². The summed E-state index contributed by atoms with van der Waals surface area (Å²) in [6, 6.07) is -0.151. The number of rotatable bonds is 4. The zero-order valence-corrected chi connectivity index (χ0v) is 7.72. The van der Waals surface area contributed by atoms with Crippen LogP contribution in [0.3, 0.4) is 0 Å². The number of amides is 1. The van der Waals surface area contributed by atoms with Crippen LogP contribution >= 0.6 is 0 Å². The number of ether oxygens (including phenoxy) is 1. The average molecular weight is 173 g/mol. The Balaban J connectivity index is 3.61. The number of esters is 1. The fourth-order valence-corrected chi connectivity index (χ4v) is 0.868. The number of hydrogen-bond acceptors (Lipinski definition) is 3. The van der Waals surface area contributed by atoms with Crippen LogP contribution < -0.4 is 5.32 Å². The largest absolute Gasteiger partial charge is 0.466 e. The molecule has 1 N–H and O–H groups in total. The Kier molecular flexibility index (Phi) is 5.08. The van der Waals surface area contributed by atoms with E-state index in [1.54, 1.807) is 13.8 Å². The van der Waals surface area contributed by atoms with E-state index in [-0.39, 0.29) is 24.3 Å². The lowest BCUT2D eigenvalue weighted by Crippen LogP contribution is -2.32. The van der Waals surface area contributed by atoms with Crippen molar-refractivity contribution in [1.82, 2.24) is 5.32 Å². The van der Waals surface area contributed by atoms with Crippen LogP contribution in [-0.2, 0) is 14.3 Å². The van der Waals surface area contributed by atoms with Crippen molar-refractivity contribution in [2.24, 2.45) is 0 Å². The van der Waals surface area contributed by atoms with Crippen molar-refractivity contribution in [2.45, 2.75) is 33.2 Å². The molecule has 0 rings (SSSR count). The minimum absolute atomic E-state index is 0.133. The van der Waals surface area contributed by atoms with E-state index in [1.165, 1.54) is 6.92 Å². The van der Waals surface area contributed by atoms with Crippen LogP contribution in [0.1, 0.15) is 27.2 Å². The van der Waals surface area contributed by atoms with Crippen LogP contribution in [-0.4, -0.2) is 24.5 Å². The summed E-state index contributed by atoms with van der Waals surface area (Å²) in [7, 11) is 0. The average Bonchev–Trinajstić information content (AvgIpc) is 1.84. The molecule has 0 unspecified atom stereocenters. The Hall–Kier alpha value is -1.06. The third-order valence-corrected chi connectivity index (χ3v) is 1.23. The first-order valence-electron chi connectivity index (χ1n) is 3.99. The molecule has 0 bridgehead atoms. The summed E-state index contributed by atoms with van der Waals surface area (Å²) >= 11 is 0. The fraction of sp³-hybridized carbons (Fsp3) is 0.750. The second-order valence-corrected chi connectivity index (χ2v) is 2.61. The summed E-state index contributed by atoms with van der Waals surface area (Å²) in [4.78, 5) is 21.4. The monoisotopic (exact) mass is 173 g/mol. The van der Waals surface area contributed by atoms with Crippen LogP contribution in [0.2, 0.25) is 0 Å². The summed E-state index contributed by atoms with van der Waals surface area (Å²) in [5.74, 6) is -0.412. The van der Waals surface area contributed by atoms with Gasteiger partial charge in [0.2, 0.25) is 5.91 Å². The molecule has 0 saturated heterocycles. The van der Waals surface area contributed by atoms with Gasteiger partial charge in [-0.05, 0) is 13.8 Å². The van der Waals surface area contributed by atoms with Gasteiger partial charge in [0.1, 0.15) is 0 Å². The summed E-state index contributed by atoms with van der Waals surface area (Å²) < 4.78 is 4.70. The van der Waals surface area contributed by atoms with Gasteiger partial charge < -0.3 is 10.1 Å². The topological polar surface area (TPSA) is 55.4 Å². The van der Waals surface area contributed by atoms with Gasteiger partial charge in [0.05, 0.1) is 13.0 Å². The molecule has 0 aliphatic carbocycles. The van der Waals surface area contributed by atoms with Crippen LogP contribution in [0.5, 0.6) is 0 Å². The number of carbonyl (C=O) groups excluding carboxylic acids is 2. The third kappa shape index (κ3) is 5.70. The van der Waals surface area contributed by atoms with Gasteiger partial charge in [-0.15, -0.1) is 0 Å². The Morgan fingerprint density at radius 2 is 2.08 bits per heavy atom. The van der Waals surface area contributed by atoms with Crippen molar-refractivity contribution < 1.29 is 14.3 Å². The van der Waals surface area contributed by atoms with E-state index in [4.69, 9.17) is 4.74 Å². The predicted molar refractivity (Wildman–Crippen MR) is 44.5 cm³/mol. The van der Waals surface area contributed by atoms with Gasteiger partial charge >= 0.3 is 5.97 Å². The molecule has 0 aromatic rings. The Morgan fingerprint density at radius 1 is 1.50 bits per heavy atom. The van der Waals surface area contributed by atoms with Crippen LogP contribution in [0.15, 0.2) is 0 Å². The van der Waals surface area contributed by atoms with Crippen molar-refractivity contribution in [3.8, 4) is 0 Å². The minimum atomic E-state index is -0.279. The second kappa shape index (κ2) is 5.57. The first-order valence-corrected chi connectivity index (χ1v) is 3.99. The van der Waals surface area contributed by atoms with E-state index in [9.17, 15) is 9.59 Å². The maximum Gasteiger partial charge on any atom is 0.307 e. The number of nitrogens with one attached hydrogen (secondary N) is 1. The molecule has 70 valence electrons. The summed E-state index contributed by atoms with van der Waals surface area (Å²) in [6.45, 7) is 5.31. The van der Waals surface area contributed by atoms with Gasteiger partial charge in [-0.1, -0.05) is 0 Å². The summed E-state index contributed by atoms with van der Waals surface area (Å²) in [5.41, 5.74) is 0. The lowest BCUT2D eigenvalue weighted by molar-refractivity contribution is -0.143. The SMILES string of the molecule is CCOC(=O)C[C@@H](C)NC(C)=O. The van der Waals surface area contributed by atoms with Crippen LogP contribution in [0, 0.1) is 0 Å². The molecule has 0 aliphatic rings. The minimum Gasteiger partial charge on any atom is -0.466 e. The van der Waals surface area contributed by atoms with Crippen LogP contribution in [0.25, 0.3) is 0 Å². The predicted octanol–water partition coefficient (Wildman–Crippen LogP) is 0.464. The molecule has 4 heteroatoms. The second-order valence-electron chi connectivity index (χ2n) is 2.61. The number of carbonyl (C=O) groups is 2. The maximum atomic E-state index is 10.9. The molecule has 0 aromatic carbocycles. The van der Waals surface area contributed by atoms with Gasteiger partial charge in [-0.25, -0.2) is 0 Å². The Bertz CT molecular complexity index is 168. The first kappa shape index (κ1) is 10.9. The molecule has 12 heavy (non-hydrogen) atoms. The molecule has 0 aromatic heterocycles. The van der Waals surface area contributed by atoms with Crippen molar-refractivity contribution in [2.75, 3.05) is 6.61 Å². The highest BCUT2D eigenvalue weighted by atomic mass is 16.5. The van der Waals surface area contributed by atoms with E-state index in [0.717, 1.165) is 0 Å².